The van der Waals surface area contributed by atoms with Crippen LogP contribution in [-0.2, 0) is 4.79 Å². The van der Waals surface area contributed by atoms with E-state index in [1.807, 2.05) is 28.6 Å². The molecule has 0 bridgehead atoms. The average molecular weight is 373 g/mol. The first-order chi connectivity index (χ1) is 12.6. The summed E-state index contributed by atoms with van der Waals surface area (Å²) in [5.74, 6) is 0.580. The summed E-state index contributed by atoms with van der Waals surface area (Å²) in [6, 6.07) is 8.61. The van der Waals surface area contributed by atoms with Crippen molar-refractivity contribution in [2.75, 3.05) is 12.8 Å². The fraction of sp³-hybridized carbons (Fsp3) is 0.550. The smallest absolute Gasteiger partial charge is 0.233 e. The van der Waals surface area contributed by atoms with E-state index in [9.17, 15) is 4.79 Å². The van der Waals surface area contributed by atoms with E-state index in [0.29, 0.717) is 11.8 Å². The molecule has 0 radical (unpaired) electrons. The van der Waals surface area contributed by atoms with Gasteiger partial charge >= 0.3 is 0 Å². The summed E-state index contributed by atoms with van der Waals surface area (Å²) in [7, 11) is 1.96. The molecular formula is C20H28N4OS. The Bertz CT molecular complexity index is 705. The first-order valence-electron chi connectivity index (χ1n) is 9.50. The highest BCUT2D eigenvalue weighted by Gasteiger charge is 2.21. The van der Waals surface area contributed by atoms with Crippen LogP contribution in [-0.4, -0.2) is 44.4 Å². The van der Waals surface area contributed by atoms with E-state index >= 15 is 0 Å². The zero-order valence-corrected chi connectivity index (χ0v) is 16.5. The minimum atomic E-state index is 0.180. The molecule has 2 aromatic rings. The van der Waals surface area contributed by atoms with Crippen molar-refractivity contribution in [1.82, 2.24) is 19.7 Å². The molecule has 0 saturated heterocycles. The quantitative estimate of drug-likeness (QED) is 0.737. The van der Waals surface area contributed by atoms with Crippen molar-refractivity contribution in [1.29, 1.82) is 0 Å². The van der Waals surface area contributed by atoms with Gasteiger partial charge in [-0.05, 0) is 31.9 Å². The number of hydrogen-bond acceptors (Lipinski definition) is 4. The second kappa shape index (κ2) is 9.21. The maximum absolute atomic E-state index is 12.7. The van der Waals surface area contributed by atoms with Crippen LogP contribution in [0.1, 0.15) is 50.5 Å². The third-order valence-corrected chi connectivity index (χ3v) is 6.10. The van der Waals surface area contributed by atoms with Gasteiger partial charge in [-0.2, -0.15) is 0 Å². The molecule has 1 aliphatic rings. The lowest BCUT2D eigenvalue weighted by molar-refractivity contribution is -0.129. The first-order valence-corrected chi connectivity index (χ1v) is 10.5. The minimum absolute atomic E-state index is 0.180. The number of amides is 1. The Morgan fingerprint density at radius 3 is 2.50 bits per heavy atom. The van der Waals surface area contributed by atoms with Gasteiger partial charge in [0.05, 0.1) is 5.75 Å². The summed E-state index contributed by atoms with van der Waals surface area (Å²) >= 11 is 1.46. The largest absolute Gasteiger partial charge is 0.342 e. The van der Waals surface area contributed by atoms with E-state index in [2.05, 4.69) is 29.3 Å². The number of carbonyl (C=O) groups excluding carboxylic acids is 1. The zero-order chi connectivity index (χ0) is 18.4. The highest BCUT2D eigenvalue weighted by atomic mass is 32.2. The SMILES string of the molecule is Cc1ccc(-n2cnnc2SCC(=O)N(C)C2CCCCCCC2)cc1. The maximum Gasteiger partial charge on any atom is 0.233 e. The van der Waals surface area contributed by atoms with E-state index in [0.717, 1.165) is 23.7 Å². The van der Waals surface area contributed by atoms with Crippen LogP contribution in [0.5, 0.6) is 0 Å². The fourth-order valence-corrected chi connectivity index (χ4v) is 4.31. The number of benzene rings is 1. The van der Waals surface area contributed by atoms with E-state index in [-0.39, 0.29) is 5.91 Å². The first kappa shape index (κ1) is 19.0. The molecule has 3 rings (SSSR count). The van der Waals surface area contributed by atoms with Crippen LogP contribution >= 0.6 is 11.8 Å². The predicted molar refractivity (Wildman–Crippen MR) is 106 cm³/mol. The van der Waals surface area contributed by atoms with Gasteiger partial charge in [0.15, 0.2) is 5.16 Å². The fourth-order valence-electron chi connectivity index (χ4n) is 3.46. The number of aryl methyl sites for hydroxylation is 1. The van der Waals surface area contributed by atoms with Crippen LogP contribution in [0.15, 0.2) is 35.7 Å². The Morgan fingerprint density at radius 1 is 1.15 bits per heavy atom. The van der Waals surface area contributed by atoms with Gasteiger partial charge in [0, 0.05) is 18.8 Å². The molecule has 1 saturated carbocycles. The lowest BCUT2D eigenvalue weighted by atomic mass is 9.96. The molecule has 26 heavy (non-hydrogen) atoms. The van der Waals surface area contributed by atoms with Crippen molar-refractivity contribution < 1.29 is 4.79 Å². The van der Waals surface area contributed by atoms with Crippen molar-refractivity contribution in [2.45, 2.75) is 63.1 Å². The lowest BCUT2D eigenvalue weighted by Crippen LogP contribution is -2.38. The van der Waals surface area contributed by atoms with Crippen LogP contribution in [0.25, 0.3) is 5.69 Å². The van der Waals surface area contributed by atoms with Gasteiger partial charge in [0.25, 0.3) is 0 Å². The topological polar surface area (TPSA) is 51.0 Å². The van der Waals surface area contributed by atoms with Gasteiger partial charge in [-0.15, -0.1) is 10.2 Å². The molecule has 0 N–H and O–H groups in total. The summed E-state index contributed by atoms with van der Waals surface area (Å²) < 4.78 is 1.94. The summed E-state index contributed by atoms with van der Waals surface area (Å²) in [6.07, 6.45) is 10.4. The third-order valence-electron chi connectivity index (χ3n) is 5.17. The number of rotatable bonds is 5. The Morgan fingerprint density at radius 2 is 1.81 bits per heavy atom. The molecule has 1 aromatic carbocycles. The van der Waals surface area contributed by atoms with Crippen LogP contribution in [0.3, 0.4) is 0 Å². The summed E-state index contributed by atoms with van der Waals surface area (Å²) in [5, 5.41) is 8.97. The van der Waals surface area contributed by atoms with Gasteiger partial charge in [-0.1, -0.05) is 61.6 Å². The average Bonchev–Trinajstić information content (AvgIpc) is 3.08. The molecule has 0 atom stereocenters. The van der Waals surface area contributed by atoms with E-state index < -0.39 is 0 Å². The molecule has 0 spiro atoms. The van der Waals surface area contributed by atoms with Gasteiger partial charge < -0.3 is 4.90 Å². The minimum Gasteiger partial charge on any atom is -0.342 e. The van der Waals surface area contributed by atoms with E-state index in [4.69, 9.17) is 0 Å². The molecule has 1 amide bonds. The second-order valence-corrected chi connectivity index (χ2v) is 8.05. The van der Waals surface area contributed by atoms with Crippen LogP contribution < -0.4 is 0 Å². The number of aromatic nitrogens is 3. The van der Waals surface area contributed by atoms with Crippen molar-refractivity contribution in [3.8, 4) is 5.69 Å². The Labute approximate surface area is 160 Å². The zero-order valence-electron chi connectivity index (χ0n) is 15.7. The highest BCUT2D eigenvalue weighted by Crippen LogP contribution is 2.23. The number of thioether (sulfide) groups is 1. The molecule has 6 heteroatoms. The Balaban J connectivity index is 1.59. The summed E-state index contributed by atoms with van der Waals surface area (Å²) in [6.45, 7) is 2.07. The van der Waals surface area contributed by atoms with Crippen molar-refractivity contribution in [2.24, 2.45) is 0 Å². The molecule has 1 aromatic heterocycles. The Hall–Kier alpha value is -1.82. The molecule has 1 fully saturated rings. The van der Waals surface area contributed by atoms with Gasteiger partial charge in [-0.3, -0.25) is 9.36 Å². The van der Waals surface area contributed by atoms with Crippen LogP contribution in [0.4, 0.5) is 0 Å². The molecule has 0 aliphatic heterocycles. The van der Waals surface area contributed by atoms with E-state index in [1.54, 1.807) is 6.33 Å². The number of hydrogen-bond donors (Lipinski definition) is 0. The molecule has 1 heterocycles. The van der Waals surface area contributed by atoms with Gasteiger partial charge in [0.2, 0.25) is 5.91 Å². The highest BCUT2D eigenvalue weighted by molar-refractivity contribution is 7.99. The summed E-state index contributed by atoms with van der Waals surface area (Å²) in [5.41, 5.74) is 2.23. The third kappa shape index (κ3) is 4.87. The molecule has 1 aliphatic carbocycles. The molecular weight excluding hydrogens is 344 g/mol. The van der Waals surface area contributed by atoms with Gasteiger partial charge in [-0.25, -0.2) is 0 Å². The van der Waals surface area contributed by atoms with E-state index in [1.165, 1.54) is 49.4 Å². The molecule has 5 nitrogen and oxygen atoms in total. The van der Waals surface area contributed by atoms with Crippen molar-refractivity contribution in [3.05, 3.63) is 36.2 Å². The van der Waals surface area contributed by atoms with Crippen LogP contribution in [0, 0.1) is 6.92 Å². The normalized spacial score (nSPS) is 16.1. The van der Waals surface area contributed by atoms with Crippen LogP contribution in [0.2, 0.25) is 0 Å². The van der Waals surface area contributed by atoms with Crippen molar-refractivity contribution >= 4 is 17.7 Å². The Kier molecular flexibility index (Phi) is 6.72. The monoisotopic (exact) mass is 372 g/mol. The second-order valence-electron chi connectivity index (χ2n) is 7.11. The predicted octanol–water partition coefficient (Wildman–Crippen LogP) is 4.24. The maximum atomic E-state index is 12.7. The number of nitrogens with zero attached hydrogens (tertiary/aromatic N) is 4. The standard InChI is InChI=1S/C20H28N4OS/c1-16-10-12-18(13-11-16)24-15-21-22-20(24)26-14-19(25)23(2)17-8-6-4-3-5-7-9-17/h10-13,15,17H,3-9,14H2,1-2H3. The number of carbonyl (C=O) groups is 1. The molecule has 140 valence electrons. The lowest BCUT2D eigenvalue weighted by Gasteiger charge is -2.29. The van der Waals surface area contributed by atoms with Gasteiger partial charge in [0.1, 0.15) is 6.33 Å². The van der Waals surface area contributed by atoms with Crippen molar-refractivity contribution in [3.63, 3.8) is 0 Å². The molecule has 0 unspecified atom stereocenters. The summed E-state index contributed by atoms with van der Waals surface area (Å²) in [4.78, 5) is 14.6.